The van der Waals surface area contributed by atoms with Crippen LogP contribution in [0, 0.1) is 0 Å². The molecule has 0 spiro atoms. The molecule has 9 heteroatoms. The summed E-state index contributed by atoms with van der Waals surface area (Å²) in [6.45, 7) is 3.16. The molecule has 1 aromatic carbocycles. The van der Waals surface area contributed by atoms with Gasteiger partial charge in [-0.2, -0.15) is 0 Å². The summed E-state index contributed by atoms with van der Waals surface area (Å²) in [5.74, 6) is 0.325. The third-order valence-electron chi connectivity index (χ3n) is 3.65. The molecule has 1 fully saturated rings. The van der Waals surface area contributed by atoms with Gasteiger partial charge in [-0.15, -0.1) is 11.8 Å². The van der Waals surface area contributed by atoms with Crippen molar-refractivity contribution >= 4 is 29.7 Å². The van der Waals surface area contributed by atoms with E-state index >= 15 is 0 Å². The number of hydrogen-bond donors (Lipinski definition) is 1. The lowest BCUT2D eigenvalue weighted by Gasteiger charge is -2.19. The van der Waals surface area contributed by atoms with Crippen molar-refractivity contribution in [3.05, 3.63) is 18.2 Å². The van der Waals surface area contributed by atoms with Gasteiger partial charge in [0.05, 0.1) is 5.75 Å². The Balaban J connectivity index is 1.49. The Morgan fingerprint density at radius 1 is 1.32 bits per heavy atom. The van der Waals surface area contributed by atoms with Crippen molar-refractivity contribution in [1.29, 1.82) is 0 Å². The minimum atomic E-state index is -1.00. The lowest BCUT2D eigenvalue weighted by atomic mass is 10.3. The smallest absolute Gasteiger partial charge is 0.324 e. The third-order valence-corrected chi connectivity index (χ3v) is 4.62. The molecule has 2 heterocycles. The van der Waals surface area contributed by atoms with E-state index in [-0.39, 0.29) is 12.3 Å². The fourth-order valence-corrected chi connectivity index (χ4v) is 3.15. The zero-order chi connectivity index (χ0) is 17.8. The highest BCUT2D eigenvalue weighted by molar-refractivity contribution is 8.00. The van der Waals surface area contributed by atoms with Crippen LogP contribution in [0.4, 0.5) is 4.79 Å². The van der Waals surface area contributed by atoms with Gasteiger partial charge in [-0.25, -0.2) is 4.79 Å². The number of thioether (sulfide) groups is 1. The summed E-state index contributed by atoms with van der Waals surface area (Å²) < 4.78 is 16.1. The van der Waals surface area contributed by atoms with Gasteiger partial charge in [-0.3, -0.25) is 14.5 Å². The highest BCUT2D eigenvalue weighted by atomic mass is 32.2. The fraction of sp³-hybridized carbons (Fsp3) is 0.438. The van der Waals surface area contributed by atoms with E-state index in [2.05, 4.69) is 5.32 Å². The molecule has 2 aliphatic heterocycles. The highest BCUT2D eigenvalue weighted by Gasteiger charge is 2.31. The molecule has 1 atom stereocenters. The van der Waals surface area contributed by atoms with Crippen molar-refractivity contribution in [2.45, 2.75) is 17.9 Å². The lowest BCUT2D eigenvalue weighted by molar-refractivity contribution is -0.155. The fourth-order valence-electron chi connectivity index (χ4n) is 2.44. The van der Waals surface area contributed by atoms with Crippen LogP contribution in [0.5, 0.6) is 11.5 Å². The number of ether oxygens (including phenoxy) is 3. The first kappa shape index (κ1) is 17.4. The number of esters is 1. The summed E-state index contributed by atoms with van der Waals surface area (Å²) in [4.78, 5) is 37.4. The molecule has 3 amide bonds. The molecule has 0 aliphatic carbocycles. The Bertz CT molecular complexity index is 695. The summed E-state index contributed by atoms with van der Waals surface area (Å²) >= 11 is 1.27. The predicted octanol–water partition coefficient (Wildman–Crippen LogP) is 1.03. The Kier molecular flexibility index (Phi) is 5.32. The number of carbonyl (C=O) groups excluding carboxylic acids is 3. The highest BCUT2D eigenvalue weighted by Crippen LogP contribution is 2.34. The first-order valence-corrected chi connectivity index (χ1v) is 8.84. The van der Waals surface area contributed by atoms with Crippen LogP contribution in [0.1, 0.15) is 6.92 Å². The van der Waals surface area contributed by atoms with Crippen LogP contribution in [0.3, 0.4) is 0 Å². The van der Waals surface area contributed by atoms with Gasteiger partial charge in [0.2, 0.25) is 0 Å². The van der Waals surface area contributed by atoms with E-state index in [1.54, 1.807) is 12.1 Å². The number of rotatable bonds is 5. The molecule has 3 rings (SSSR count). The average molecular weight is 366 g/mol. The zero-order valence-electron chi connectivity index (χ0n) is 13.6. The molecule has 0 bridgehead atoms. The molecular formula is C16H18N2O6S. The number of carbonyl (C=O) groups is 3. The van der Waals surface area contributed by atoms with E-state index in [9.17, 15) is 14.4 Å². The summed E-state index contributed by atoms with van der Waals surface area (Å²) in [6, 6.07) is 4.96. The number of imide groups is 1. The number of urea groups is 1. The molecule has 1 N–H and O–H groups in total. The van der Waals surface area contributed by atoms with Gasteiger partial charge in [0.1, 0.15) is 13.2 Å². The average Bonchev–Trinajstić information content (AvgIpc) is 3.05. The maximum atomic E-state index is 12.1. The Morgan fingerprint density at radius 2 is 2.08 bits per heavy atom. The second-order valence-electron chi connectivity index (χ2n) is 5.45. The van der Waals surface area contributed by atoms with Crippen molar-refractivity contribution in [2.75, 3.05) is 32.1 Å². The normalized spacial score (nSPS) is 17.0. The van der Waals surface area contributed by atoms with Crippen LogP contribution in [0.15, 0.2) is 23.1 Å². The van der Waals surface area contributed by atoms with Gasteiger partial charge in [0.25, 0.3) is 5.91 Å². The van der Waals surface area contributed by atoms with E-state index in [1.165, 1.54) is 18.7 Å². The first-order chi connectivity index (χ1) is 12.0. The summed E-state index contributed by atoms with van der Waals surface area (Å²) in [7, 11) is 0. The molecule has 25 heavy (non-hydrogen) atoms. The molecule has 0 radical (unpaired) electrons. The second kappa shape index (κ2) is 7.64. The number of benzene rings is 1. The van der Waals surface area contributed by atoms with Crippen LogP contribution in [0.2, 0.25) is 0 Å². The molecule has 0 aromatic heterocycles. The van der Waals surface area contributed by atoms with Crippen LogP contribution in [-0.4, -0.2) is 61.0 Å². The molecular weight excluding hydrogens is 348 g/mol. The number of nitrogens with zero attached hydrogens (tertiary/aromatic N) is 1. The van der Waals surface area contributed by atoms with E-state index in [4.69, 9.17) is 14.2 Å². The topological polar surface area (TPSA) is 94.2 Å². The number of amides is 3. The van der Waals surface area contributed by atoms with Gasteiger partial charge < -0.3 is 19.5 Å². The third kappa shape index (κ3) is 4.16. The summed E-state index contributed by atoms with van der Waals surface area (Å²) in [5.41, 5.74) is 0. The van der Waals surface area contributed by atoms with Crippen molar-refractivity contribution in [3.63, 3.8) is 0 Å². The van der Waals surface area contributed by atoms with E-state index < -0.39 is 24.0 Å². The standard InChI is InChI=1S/C16H18N2O6S/c1-10(15(20)18-5-4-17-16(18)21)24-14(19)9-25-11-2-3-12-13(8-11)23-7-6-22-12/h2-3,8,10H,4-7,9H2,1H3,(H,17,21)/t10-/m0/s1. The summed E-state index contributed by atoms with van der Waals surface area (Å²) in [6.07, 6.45) is -1.00. The van der Waals surface area contributed by atoms with Gasteiger partial charge in [-0.05, 0) is 25.1 Å². The maximum absolute atomic E-state index is 12.1. The Hall–Kier alpha value is -2.42. The largest absolute Gasteiger partial charge is 0.486 e. The minimum Gasteiger partial charge on any atom is -0.486 e. The molecule has 2 aliphatic rings. The second-order valence-corrected chi connectivity index (χ2v) is 6.50. The number of fused-ring (bicyclic) bond motifs is 1. The Morgan fingerprint density at radius 3 is 2.80 bits per heavy atom. The molecule has 134 valence electrons. The SMILES string of the molecule is C[C@H](OC(=O)CSc1ccc2c(c1)OCCO2)C(=O)N1CCNC1=O. The quantitative estimate of drug-likeness (QED) is 0.614. The van der Waals surface area contributed by atoms with Crippen molar-refractivity contribution in [3.8, 4) is 11.5 Å². The monoisotopic (exact) mass is 366 g/mol. The minimum absolute atomic E-state index is 0.0451. The van der Waals surface area contributed by atoms with Crippen molar-refractivity contribution < 1.29 is 28.6 Å². The molecule has 8 nitrogen and oxygen atoms in total. The van der Waals surface area contributed by atoms with Gasteiger partial charge in [0, 0.05) is 18.0 Å². The molecule has 0 unspecified atom stereocenters. The van der Waals surface area contributed by atoms with Gasteiger partial charge in [-0.1, -0.05) is 0 Å². The molecule has 0 saturated carbocycles. The van der Waals surface area contributed by atoms with Gasteiger partial charge in [0.15, 0.2) is 17.6 Å². The van der Waals surface area contributed by atoms with E-state index in [0.29, 0.717) is 31.3 Å². The van der Waals surface area contributed by atoms with Crippen LogP contribution in [0.25, 0.3) is 0 Å². The first-order valence-electron chi connectivity index (χ1n) is 7.86. The van der Waals surface area contributed by atoms with Crippen molar-refractivity contribution in [2.24, 2.45) is 0 Å². The number of hydrogen-bond acceptors (Lipinski definition) is 7. The van der Waals surface area contributed by atoms with E-state index in [0.717, 1.165) is 9.80 Å². The zero-order valence-corrected chi connectivity index (χ0v) is 14.5. The van der Waals surface area contributed by atoms with Crippen LogP contribution < -0.4 is 14.8 Å². The lowest BCUT2D eigenvalue weighted by Crippen LogP contribution is -2.42. The Labute approximate surface area is 148 Å². The van der Waals surface area contributed by atoms with Crippen molar-refractivity contribution in [1.82, 2.24) is 10.2 Å². The summed E-state index contributed by atoms with van der Waals surface area (Å²) in [5, 5.41) is 2.53. The maximum Gasteiger partial charge on any atom is 0.324 e. The van der Waals surface area contributed by atoms with E-state index in [1.807, 2.05) is 6.07 Å². The molecule has 1 saturated heterocycles. The van der Waals surface area contributed by atoms with Gasteiger partial charge >= 0.3 is 12.0 Å². The molecule has 1 aromatic rings. The predicted molar refractivity (Wildman–Crippen MR) is 88.8 cm³/mol. The van der Waals surface area contributed by atoms with Crippen LogP contribution in [-0.2, 0) is 14.3 Å². The van der Waals surface area contributed by atoms with Crippen LogP contribution >= 0.6 is 11.8 Å². The number of nitrogens with one attached hydrogen (secondary N) is 1.